The summed E-state index contributed by atoms with van der Waals surface area (Å²) in [4.78, 5) is 10.4. The Kier molecular flexibility index (Phi) is 4.57. The number of nitrogens with zero attached hydrogens (tertiary/aromatic N) is 1. The van der Waals surface area contributed by atoms with Crippen LogP contribution in [0.25, 0.3) is 0 Å². The van der Waals surface area contributed by atoms with Gasteiger partial charge < -0.3 is 5.32 Å². The van der Waals surface area contributed by atoms with E-state index in [9.17, 15) is 14.5 Å². The molecule has 0 aliphatic rings. The third kappa shape index (κ3) is 3.46. The SMILES string of the molecule is O=[N+]([O-])c1ccc(Cl)cc1CNc1ccc(Br)c(F)c1. The Labute approximate surface area is 127 Å². The number of nitrogens with one attached hydrogen (secondary N) is 1. The van der Waals surface area contributed by atoms with Crippen molar-refractivity contribution in [3.05, 3.63) is 67.4 Å². The largest absolute Gasteiger partial charge is 0.381 e. The number of hydrogen-bond donors (Lipinski definition) is 1. The predicted octanol–water partition coefficient (Wildman–Crippen LogP) is 4.76. The van der Waals surface area contributed by atoms with Crippen molar-refractivity contribution < 1.29 is 9.31 Å². The van der Waals surface area contributed by atoms with Gasteiger partial charge in [0.25, 0.3) is 5.69 Å². The van der Waals surface area contributed by atoms with Crippen molar-refractivity contribution in [2.45, 2.75) is 6.54 Å². The number of rotatable bonds is 4. The molecule has 7 heteroatoms. The molecule has 2 aromatic rings. The van der Waals surface area contributed by atoms with E-state index in [2.05, 4.69) is 21.2 Å². The van der Waals surface area contributed by atoms with Gasteiger partial charge >= 0.3 is 0 Å². The Balaban J connectivity index is 2.20. The van der Waals surface area contributed by atoms with Gasteiger partial charge in [-0.15, -0.1) is 0 Å². The van der Waals surface area contributed by atoms with E-state index in [-0.39, 0.29) is 12.2 Å². The van der Waals surface area contributed by atoms with E-state index in [1.165, 1.54) is 24.3 Å². The first-order valence-corrected chi connectivity index (χ1v) is 6.76. The summed E-state index contributed by atoms with van der Waals surface area (Å²) in [7, 11) is 0. The fourth-order valence-electron chi connectivity index (χ4n) is 1.68. The van der Waals surface area contributed by atoms with E-state index < -0.39 is 10.7 Å². The topological polar surface area (TPSA) is 55.2 Å². The van der Waals surface area contributed by atoms with Crippen LogP contribution in [0.5, 0.6) is 0 Å². The molecule has 20 heavy (non-hydrogen) atoms. The van der Waals surface area contributed by atoms with Gasteiger partial charge in [0, 0.05) is 23.3 Å². The zero-order valence-electron chi connectivity index (χ0n) is 10.1. The summed E-state index contributed by atoms with van der Waals surface area (Å²) in [6.07, 6.45) is 0. The maximum absolute atomic E-state index is 13.4. The molecule has 0 aliphatic heterocycles. The number of anilines is 1. The molecule has 2 rings (SSSR count). The highest BCUT2D eigenvalue weighted by atomic mass is 79.9. The van der Waals surface area contributed by atoms with Crippen LogP contribution in [0, 0.1) is 15.9 Å². The summed E-state index contributed by atoms with van der Waals surface area (Å²) < 4.78 is 13.7. The second kappa shape index (κ2) is 6.19. The molecule has 0 aromatic heterocycles. The lowest BCUT2D eigenvalue weighted by Crippen LogP contribution is -2.03. The summed E-state index contributed by atoms with van der Waals surface area (Å²) in [5.41, 5.74) is 0.935. The molecule has 0 saturated carbocycles. The van der Waals surface area contributed by atoms with Gasteiger partial charge in [-0.05, 0) is 46.3 Å². The van der Waals surface area contributed by atoms with Crippen molar-refractivity contribution in [2.75, 3.05) is 5.32 Å². The molecule has 0 amide bonds. The van der Waals surface area contributed by atoms with Gasteiger partial charge in [0.05, 0.1) is 15.0 Å². The van der Waals surface area contributed by atoms with Gasteiger partial charge in [-0.25, -0.2) is 4.39 Å². The highest BCUT2D eigenvalue weighted by molar-refractivity contribution is 9.10. The van der Waals surface area contributed by atoms with Crippen LogP contribution in [0.4, 0.5) is 15.8 Å². The van der Waals surface area contributed by atoms with Crippen LogP contribution >= 0.6 is 27.5 Å². The first-order chi connectivity index (χ1) is 9.47. The molecule has 0 aliphatic carbocycles. The first kappa shape index (κ1) is 14.7. The standard InChI is InChI=1S/C13H9BrClFN2O2/c14-11-3-2-10(6-12(11)16)17-7-8-5-9(15)1-4-13(8)18(19)20/h1-6,17H,7H2. The van der Waals surface area contributed by atoms with Gasteiger partial charge in [-0.3, -0.25) is 10.1 Å². The van der Waals surface area contributed by atoms with Crippen molar-refractivity contribution in [2.24, 2.45) is 0 Å². The fraction of sp³-hybridized carbons (Fsp3) is 0.0769. The minimum Gasteiger partial charge on any atom is -0.381 e. The summed E-state index contributed by atoms with van der Waals surface area (Å²) in [5, 5.41) is 14.3. The summed E-state index contributed by atoms with van der Waals surface area (Å²) in [5.74, 6) is -0.407. The Morgan fingerprint density at radius 3 is 2.70 bits per heavy atom. The van der Waals surface area contributed by atoms with Crippen LogP contribution in [-0.2, 0) is 6.54 Å². The van der Waals surface area contributed by atoms with Crippen molar-refractivity contribution in [3.8, 4) is 0 Å². The molecule has 2 aromatic carbocycles. The first-order valence-electron chi connectivity index (χ1n) is 5.59. The lowest BCUT2D eigenvalue weighted by atomic mass is 10.1. The van der Waals surface area contributed by atoms with E-state index in [1.54, 1.807) is 12.1 Å². The van der Waals surface area contributed by atoms with Crippen LogP contribution in [0.2, 0.25) is 5.02 Å². The van der Waals surface area contributed by atoms with Crippen LogP contribution in [-0.4, -0.2) is 4.92 Å². The molecule has 0 unspecified atom stereocenters. The minimum atomic E-state index is -0.477. The number of hydrogen-bond acceptors (Lipinski definition) is 3. The van der Waals surface area contributed by atoms with Crippen molar-refractivity contribution in [3.63, 3.8) is 0 Å². The van der Waals surface area contributed by atoms with Crippen LogP contribution in [0.15, 0.2) is 40.9 Å². The second-order valence-electron chi connectivity index (χ2n) is 4.01. The second-order valence-corrected chi connectivity index (χ2v) is 5.30. The zero-order valence-corrected chi connectivity index (χ0v) is 12.4. The van der Waals surface area contributed by atoms with Crippen molar-refractivity contribution >= 4 is 38.9 Å². The fourth-order valence-corrected chi connectivity index (χ4v) is 2.12. The summed E-state index contributed by atoms with van der Waals surface area (Å²) in [6.45, 7) is 0.179. The minimum absolute atomic E-state index is 0.0283. The van der Waals surface area contributed by atoms with Gasteiger partial charge in [-0.1, -0.05) is 11.6 Å². The molecular formula is C13H9BrClFN2O2. The van der Waals surface area contributed by atoms with Crippen LogP contribution < -0.4 is 5.32 Å². The third-order valence-electron chi connectivity index (χ3n) is 2.64. The number of nitro groups is 1. The zero-order chi connectivity index (χ0) is 14.7. The number of halogens is 3. The van der Waals surface area contributed by atoms with Gasteiger partial charge in [-0.2, -0.15) is 0 Å². The molecule has 0 atom stereocenters. The van der Waals surface area contributed by atoms with Crippen LogP contribution in [0.3, 0.4) is 0 Å². The Bertz CT molecular complexity index is 667. The number of benzene rings is 2. The molecule has 0 spiro atoms. The Morgan fingerprint density at radius 2 is 2.05 bits per heavy atom. The highest BCUT2D eigenvalue weighted by Crippen LogP contribution is 2.25. The lowest BCUT2D eigenvalue weighted by molar-refractivity contribution is -0.385. The molecule has 0 fully saturated rings. The predicted molar refractivity (Wildman–Crippen MR) is 79.5 cm³/mol. The van der Waals surface area contributed by atoms with Crippen LogP contribution in [0.1, 0.15) is 5.56 Å². The normalized spacial score (nSPS) is 10.3. The van der Waals surface area contributed by atoms with Gasteiger partial charge in [0.1, 0.15) is 5.82 Å². The maximum atomic E-state index is 13.4. The summed E-state index contributed by atoms with van der Waals surface area (Å²) >= 11 is 8.89. The molecular weight excluding hydrogens is 351 g/mol. The van der Waals surface area contributed by atoms with E-state index in [0.717, 1.165) is 0 Å². The maximum Gasteiger partial charge on any atom is 0.274 e. The Morgan fingerprint density at radius 1 is 1.30 bits per heavy atom. The third-order valence-corrected chi connectivity index (χ3v) is 3.52. The quantitative estimate of drug-likeness (QED) is 0.632. The molecule has 0 heterocycles. The number of nitro benzene ring substituents is 1. The van der Waals surface area contributed by atoms with Gasteiger partial charge in [0.15, 0.2) is 0 Å². The molecule has 0 bridgehead atoms. The van der Waals surface area contributed by atoms with Gasteiger partial charge in [0.2, 0.25) is 0 Å². The van der Waals surface area contributed by atoms with E-state index in [1.807, 2.05) is 0 Å². The van der Waals surface area contributed by atoms with Crippen molar-refractivity contribution in [1.29, 1.82) is 0 Å². The van der Waals surface area contributed by atoms with Crippen molar-refractivity contribution in [1.82, 2.24) is 0 Å². The monoisotopic (exact) mass is 358 g/mol. The molecule has 0 radical (unpaired) electrons. The molecule has 0 saturated heterocycles. The molecule has 4 nitrogen and oxygen atoms in total. The van der Waals surface area contributed by atoms with E-state index in [0.29, 0.717) is 20.7 Å². The smallest absolute Gasteiger partial charge is 0.274 e. The lowest BCUT2D eigenvalue weighted by Gasteiger charge is -2.08. The van der Waals surface area contributed by atoms with E-state index >= 15 is 0 Å². The molecule has 1 N–H and O–H groups in total. The summed E-state index contributed by atoms with van der Waals surface area (Å²) in [6, 6.07) is 8.86. The average molecular weight is 360 g/mol. The Hall–Kier alpha value is -1.66. The molecule has 104 valence electrons. The highest BCUT2D eigenvalue weighted by Gasteiger charge is 2.13. The average Bonchev–Trinajstić information content (AvgIpc) is 2.40. The van der Waals surface area contributed by atoms with E-state index in [4.69, 9.17) is 11.6 Å².